The van der Waals surface area contributed by atoms with Crippen LogP contribution in [0.3, 0.4) is 0 Å². The largest absolute Gasteiger partial charge is 0.493 e. The van der Waals surface area contributed by atoms with Crippen LogP contribution in [0.4, 0.5) is 0 Å². The molecule has 2 bridgehead atoms. The number of amides is 3. The first-order chi connectivity index (χ1) is 20.8. The summed E-state index contributed by atoms with van der Waals surface area (Å²) < 4.78 is 11.4. The van der Waals surface area contributed by atoms with Gasteiger partial charge in [-0.2, -0.15) is 0 Å². The van der Waals surface area contributed by atoms with E-state index in [1.54, 1.807) is 17.9 Å². The maximum atomic E-state index is 14.7. The molecule has 1 fully saturated rings. The molecule has 232 valence electrons. The van der Waals surface area contributed by atoms with Crippen LogP contribution in [0.5, 0.6) is 11.5 Å². The fourth-order valence-electron chi connectivity index (χ4n) is 6.07. The van der Waals surface area contributed by atoms with E-state index in [0.717, 1.165) is 18.4 Å². The topological polar surface area (TPSA) is 155 Å². The predicted octanol–water partition coefficient (Wildman–Crippen LogP) is 0.995. The predicted molar refractivity (Wildman–Crippen MR) is 159 cm³/mol. The van der Waals surface area contributed by atoms with Crippen LogP contribution in [0.2, 0.25) is 0 Å². The highest BCUT2D eigenvalue weighted by atomic mass is 16.5. The molecular formula is C31H42N6O6. The molecule has 1 aromatic carbocycles. The lowest BCUT2D eigenvalue weighted by atomic mass is 9.75. The minimum absolute atomic E-state index is 0.0566. The highest BCUT2D eigenvalue weighted by molar-refractivity contribution is 5.85. The lowest BCUT2D eigenvalue weighted by molar-refractivity contribution is -0.144. The van der Waals surface area contributed by atoms with Crippen LogP contribution in [-0.2, 0) is 33.8 Å². The van der Waals surface area contributed by atoms with Crippen molar-refractivity contribution in [3.8, 4) is 11.5 Å². The molecule has 2 aliphatic heterocycles. The Morgan fingerprint density at radius 1 is 1.12 bits per heavy atom. The van der Waals surface area contributed by atoms with Crippen molar-refractivity contribution in [3.05, 3.63) is 51.2 Å². The highest BCUT2D eigenvalue weighted by Crippen LogP contribution is 2.44. The number of benzene rings is 1. The van der Waals surface area contributed by atoms with E-state index in [4.69, 9.17) is 9.47 Å². The number of aromatic amines is 1. The van der Waals surface area contributed by atoms with Crippen molar-refractivity contribution in [2.75, 3.05) is 46.4 Å². The molecule has 1 saturated carbocycles. The molecule has 1 atom stereocenters. The van der Waals surface area contributed by atoms with E-state index in [1.807, 2.05) is 12.1 Å². The standard InChI is InChI=1S/C31H42N6O6/c1-20-35-24-17-37(13-9-23(24)29(40)36-20)30(41)31(15-21-5-6-21)16-22-7-8-25(42-2)26(14-22)43-18-28(39)33-12-11-32-10-3-4-27(38)34-19-31/h7-8,14,21,32H,3-6,9-13,15-19H2,1-2H3,(H,33,39)(H,34,38)(H,35,36,40). The number of H-pyrrole nitrogens is 1. The van der Waals surface area contributed by atoms with Gasteiger partial charge in [0.05, 0.1) is 24.8 Å². The molecule has 5 rings (SSSR count). The molecule has 12 nitrogen and oxygen atoms in total. The maximum absolute atomic E-state index is 14.7. The van der Waals surface area contributed by atoms with Gasteiger partial charge in [0.15, 0.2) is 18.1 Å². The molecule has 1 aliphatic carbocycles. The SMILES string of the molecule is COc1ccc2cc1OCC(=O)NCCNCCCC(=O)NCC(CC1CC1)(C(=O)N1CCc3c(nc(C)[nH]c3=O)C1)C2. The van der Waals surface area contributed by atoms with Gasteiger partial charge in [0, 0.05) is 38.2 Å². The summed E-state index contributed by atoms with van der Waals surface area (Å²) in [4.78, 5) is 61.7. The van der Waals surface area contributed by atoms with Crippen molar-refractivity contribution in [3.63, 3.8) is 0 Å². The molecule has 1 unspecified atom stereocenters. The summed E-state index contributed by atoms with van der Waals surface area (Å²) in [7, 11) is 1.54. The zero-order valence-corrected chi connectivity index (χ0v) is 25.1. The number of fused-ring (bicyclic) bond motifs is 3. The van der Waals surface area contributed by atoms with Crippen molar-refractivity contribution in [2.24, 2.45) is 11.3 Å². The fourth-order valence-corrected chi connectivity index (χ4v) is 6.07. The normalized spacial score (nSPS) is 22.2. The summed E-state index contributed by atoms with van der Waals surface area (Å²) in [5.41, 5.74) is 1.01. The number of nitrogens with zero attached hydrogens (tertiary/aromatic N) is 2. The van der Waals surface area contributed by atoms with Crippen LogP contribution in [0.25, 0.3) is 0 Å². The van der Waals surface area contributed by atoms with E-state index in [1.165, 1.54) is 7.11 Å². The Kier molecular flexibility index (Phi) is 9.64. The monoisotopic (exact) mass is 594 g/mol. The minimum Gasteiger partial charge on any atom is -0.493 e. The molecule has 43 heavy (non-hydrogen) atoms. The molecule has 4 N–H and O–H groups in total. The number of aromatic nitrogens is 2. The number of carbonyl (C=O) groups excluding carboxylic acids is 3. The number of aryl methyl sites for hydroxylation is 1. The first-order valence-electron chi connectivity index (χ1n) is 15.2. The van der Waals surface area contributed by atoms with E-state index < -0.39 is 5.41 Å². The third-order valence-corrected chi connectivity index (χ3v) is 8.44. The molecule has 0 saturated heterocycles. The summed E-state index contributed by atoms with van der Waals surface area (Å²) in [5.74, 6) is 1.40. The van der Waals surface area contributed by atoms with Gasteiger partial charge in [-0.15, -0.1) is 0 Å². The second kappa shape index (κ2) is 13.6. The second-order valence-electron chi connectivity index (χ2n) is 11.9. The molecule has 0 radical (unpaired) electrons. The average Bonchev–Trinajstić information content (AvgIpc) is 3.81. The first kappa shape index (κ1) is 30.5. The Morgan fingerprint density at radius 3 is 2.74 bits per heavy atom. The van der Waals surface area contributed by atoms with Crippen LogP contribution < -0.4 is 31.0 Å². The van der Waals surface area contributed by atoms with Gasteiger partial charge in [-0.05, 0) is 62.8 Å². The van der Waals surface area contributed by atoms with Gasteiger partial charge in [-0.3, -0.25) is 19.2 Å². The van der Waals surface area contributed by atoms with E-state index in [-0.39, 0.29) is 43.0 Å². The number of carbonyl (C=O) groups is 3. The van der Waals surface area contributed by atoms with Gasteiger partial charge in [-0.1, -0.05) is 18.9 Å². The maximum Gasteiger partial charge on any atom is 0.257 e. The summed E-state index contributed by atoms with van der Waals surface area (Å²) in [6.45, 7) is 4.07. The molecule has 3 aliphatic rings. The number of hydrogen-bond acceptors (Lipinski definition) is 8. The zero-order valence-electron chi connectivity index (χ0n) is 25.1. The summed E-state index contributed by atoms with van der Waals surface area (Å²) in [5, 5.41) is 9.17. The van der Waals surface area contributed by atoms with Crippen molar-refractivity contribution in [1.82, 2.24) is 30.8 Å². The van der Waals surface area contributed by atoms with Crippen LogP contribution >= 0.6 is 0 Å². The van der Waals surface area contributed by atoms with Crippen molar-refractivity contribution in [2.45, 2.75) is 58.4 Å². The zero-order chi connectivity index (χ0) is 30.4. The average molecular weight is 595 g/mol. The Bertz CT molecular complexity index is 1410. The number of ether oxygens (including phenoxy) is 2. The molecule has 0 spiro atoms. The van der Waals surface area contributed by atoms with Crippen molar-refractivity contribution >= 4 is 17.7 Å². The lowest BCUT2D eigenvalue weighted by Gasteiger charge is -2.39. The van der Waals surface area contributed by atoms with E-state index in [0.29, 0.717) is 92.8 Å². The molecular weight excluding hydrogens is 552 g/mol. The van der Waals surface area contributed by atoms with Crippen molar-refractivity contribution in [1.29, 1.82) is 0 Å². The summed E-state index contributed by atoms with van der Waals surface area (Å²) in [6, 6.07) is 5.51. The first-order valence-corrected chi connectivity index (χ1v) is 15.2. The molecule has 3 heterocycles. The molecule has 3 amide bonds. The van der Waals surface area contributed by atoms with E-state index in [2.05, 4.69) is 25.9 Å². The van der Waals surface area contributed by atoms with Crippen LogP contribution in [0, 0.1) is 18.3 Å². The molecule has 1 aromatic heterocycles. The second-order valence-corrected chi connectivity index (χ2v) is 11.9. The van der Waals surface area contributed by atoms with Crippen molar-refractivity contribution < 1.29 is 23.9 Å². The van der Waals surface area contributed by atoms with Gasteiger partial charge in [0.1, 0.15) is 5.82 Å². The minimum atomic E-state index is -0.919. The Hall–Kier alpha value is -3.93. The Morgan fingerprint density at radius 2 is 1.95 bits per heavy atom. The van der Waals surface area contributed by atoms with Crippen LogP contribution in [0.15, 0.2) is 23.0 Å². The Labute approximate surface area is 251 Å². The summed E-state index contributed by atoms with van der Waals surface area (Å²) >= 11 is 0. The number of nitrogens with one attached hydrogen (secondary N) is 4. The van der Waals surface area contributed by atoms with Gasteiger partial charge < -0.3 is 35.3 Å². The van der Waals surface area contributed by atoms with Gasteiger partial charge in [-0.25, -0.2) is 4.98 Å². The molecule has 2 aromatic rings. The van der Waals surface area contributed by atoms with Gasteiger partial charge in [0.25, 0.3) is 11.5 Å². The lowest BCUT2D eigenvalue weighted by Crippen LogP contribution is -2.53. The quantitative estimate of drug-likeness (QED) is 0.409. The van der Waals surface area contributed by atoms with E-state index >= 15 is 0 Å². The smallest absolute Gasteiger partial charge is 0.257 e. The van der Waals surface area contributed by atoms with Gasteiger partial charge in [0.2, 0.25) is 11.8 Å². The number of hydrogen-bond donors (Lipinski definition) is 4. The Balaban J connectivity index is 1.49. The number of methoxy groups -OCH3 is 1. The van der Waals surface area contributed by atoms with Crippen LogP contribution in [-0.4, -0.2) is 79.0 Å². The number of rotatable bonds is 4. The third-order valence-electron chi connectivity index (χ3n) is 8.44. The third kappa shape index (κ3) is 7.73. The summed E-state index contributed by atoms with van der Waals surface area (Å²) in [6.07, 6.45) is 4.46. The fraction of sp³-hybridized carbons (Fsp3) is 0.581. The molecule has 12 heteroatoms. The van der Waals surface area contributed by atoms with Crippen LogP contribution in [0.1, 0.15) is 54.7 Å². The highest BCUT2D eigenvalue weighted by Gasteiger charge is 2.46. The van der Waals surface area contributed by atoms with Gasteiger partial charge >= 0.3 is 0 Å². The van der Waals surface area contributed by atoms with E-state index in [9.17, 15) is 19.2 Å².